The fourth-order valence-electron chi connectivity index (χ4n) is 4.12. The second-order valence-corrected chi connectivity index (χ2v) is 7.67. The van der Waals surface area contributed by atoms with Crippen LogP contribution in [-0.4, -0.2) is 73.5 Å². The van der Waals surface area contributed by atoms with Crippen LogP contribution < -0.4 is 10.2 Å². The van der Waals surface area contributed by atoms with Gasteiger partial charge in [-0.1, -0.05) is 0 Å². The number of nitrogens with one attached hydrogen (secondary N) is 1. The molecule has 28 heavy (non-hydrogen) atoms. The minimum atomic E-state index is -0.234. The third kappa shape index (κ3) is 4.82. The van der Waals surface area contributed by atoms with Gasteiger partial charge >= 0.3 is 0 Å². The minimum Gasteiger partial charge on any atom is -0.368 e. The van der Waals surface area contributed by atoms with Crippen molar-refractivity contribution < 1.29 is 14.0 Å². The first-order valence-electron chi connectivity index (χ1n) is 10.3. The van der Waals surface area contributed by atoms with Crippen LogP contribution in [0.5, 0.6) is 0 Å². The molecule has 2 fully saturated rings. The lowest BCUT2D eigenvalue weighted by Gasteiger charge is -2.40. The summed E-state index contributed by atoms with van der Waals surface area (Å²) in [5.74, 6) is 0.133. The number of hydrogen-bond donors (Lipinski definition) is 1. The minimum absolute atomic E-state index is 0.0674. The van der Waals surface area contributed by atoms with Gasteiger partial charge in [0, 0.05) is 44.3 Å². The van der Waals surface area contributed by atoms with Crippen LogP contribution >= 0.6 is 0 Å². The molecule has 2 saturated heterocycles. The van der Waals surface area contributed by atoms with Crippen LogP contribution in [0.15, 0.2) is 24.3 Å². The van der Waals surface area contributed by atoms with Gasteiger partial charge < -0.3 is 15.1 Å². The molecule has 2 heterocycles. The van der Waals surface area contributed by atoms with Crippen molar-refractivity contribution >= 4 is 17.5 Å². The van der Waals surface area contributed by atoms with Crippen molar-refractivity contribution in [2.24, 2.45) is 5.92 Å². The van der Waals surface area contributed by atoms with E-state index in [0.717, 1.165) is 44.7 Å². The fourth-order valence-corrected chi connectivity index (χ4v) is 4.12. The molecule has 7 heteroatoms. The van der Waals surface area contributed by atoms with E-state index in [1.54, 1.807) is 12.1 Å². The number of likely N-dealkylation sites (tertiary alicyclic amines) is 1. The smallest absolute Gasteiger partial charge is 0.239 e. The molecule has 1 aromatic rings. The normalized spacial score (nSPS) is 20.1. The largest absolute Gasteiger partial charge is 0.368 e. The van der Waals surface area contributed by atoms with Gasteiger partial charge in [-0.3, -0.25) is 14.5 Å². The van der Waals surface area contributed by atoms with E-state index in [-0.39, 0.29) is 29.6 Å². The molecule has 3 rings (SSSR count). The summed E-state index contributed by atoms with van der Waals surface area (Å²) in [4.78, 5) is 31.2. The van der Waals surface area contributed by atoms with Gasteiger partial charge in [0.1, 0.15) is 5.82 Å². The second kappa shape index (κ2) is 9.37. The van der Waals surface area contributed by atoms with Gasteiger partial charge in [0.25, 0.3) is 0 Å². The predicted molar refractivity (Wildman–Crippen MR) is 108 cm³/mol. The van der Waals surface area contributed by atoms with Crippen molar-refractivity contribution in [2.45, 2.75) is 32.7 Å². The first-order chi connectivity index (χ1) is 13.5. The fraction of sp³-hybridized carbons (Fsp3) is 0.619. The molecule has 1 atom stereocenters. The standard InChI is InChI=1S/C21H31FN4O2/c1-3-23-20(27)17-8-10-24(11-9-17)16(2)21(28)26-14-12-25(13-15-26)19-6-4-18(22)5-7-19/h4-7,16-17H,3,8-15H2,1-2H3,(H,23,27). The molecule has 6 nitrogen and oxygen atoms in total. The third-order valence-electron chi connectivity index (χ3n) is 5.94. The van der Waals surface area contributed by atoms with Crippen molar-refractivity contribution in [3.05, 3.63) is 30.1 Å². The number of halogens is 1. The first kappa shape index (κ1) is 20.6. The molecule has 1 unspecified atom stereocenters. The Kier molecular flexibility index (Phi) is 6.88. The summed E-state index contributed by atoms with van der Waals surface area (Å²) in [7, 11) is 0. The Morgan fingerprint density at radius 3 is 2.25 bits per heavy atom. The summed E-state index contributed by atoms with van der Waals surface area (Å²) in [6.07, 6.45) is 1.61. The molecule has 1 aromatic carbocycles. The van der Waals surface area contributed by atoms with Crippen LogP contribution in [0, 0.1) is 11.7 Å². The van der Waals surface area contributed by atoms with Gasteiger partial charge in [0.15, 0.2) is 0 Å². The van der Waals surface area contributed by atoms with Crippen molar-refractivity contribution in [1.82, 2.24) is 15.1 Å². The average Bonchev–Trinajstić information content (AvgIpc) is 2.74. The SMILES string of the molecule is CCNC(=O)C1CCN(C(C)C(=O)N2CCN(c3ccc(F)cc3)CC2)CC1. The molecular formula is C21H31FN4O2. The Bertz CT molecular complexity index is 665. The molecule has 154 valence electrons. The highest BCUT2D eigenvalue weighted by Gasteiger charge is 2.32. The number of anilines is 1. The highest BCUT2D eigenvalue weighted by atomic mass is 19.1. The van der Waals surface area contributed by atoms with Crippen molar-refractivity contribution in [2.75, 3.05) is 50.7 Å². The summed E-state index contributed by atoms with van der Waals surface area (Å²) in [6, 6.07) is 6.36. The van der Waals surface area contributed by atoms with E-state index < -0.39 is 0 Å². The second-order valence-electron chi connectivity index (χ2n) is 7.67. The first-order valence-corrected chi connectivity index (χ1v) is 10.3. The average molecular weight is 391 g/mol. The topological polar surface area (TPSA) is 55.9 Å². The summed E-state index contributed by atoms with van der Waals surface area (Å²) in [6.45, 7) is 9.00. The number of hydrogen-bond acceptors (Lipinski definition) is 4. The molecule has 0 radical (unpaired) electrons. The van der Waals surface area contributed by atoms with Crippen LogP contribution in [0.2, 0.25) is 0 Å². The molecule has 2 aliphatic heterocycles. The lowest BCUT2D eigenvalue weighted by atomic mass is 9.95. The molecule has 2 amide bonds. The van der Waals surface area contributed by atoms with Crippen molar-refractivity contribution in [3.63, 3.8) is 0 Å². The van der Waals surface area contributed by atoms with Gasteiger partial charge in [-0.2, -0.15) is 0 Å². The van der Waals surface area contributed by atoms with E-state index in [9.17, 15) is 14.0 Å². The van der Waals surface area contributed by atoms with E-state index in [2.05, 4.69) is 15.1 Å². The summed E-state index contributed by atoms with van der Waals surface area (Å²) in [5.41, 5.74) is 0.994. The van der Waals surface area contributed by atoms with E-state index in [0.29, 0.717) is 19.6 Å². The van der Waals surface area contributed by atoms with Crippen LogP contribution in [0.3, 0.4) is 0 Å². The number of carbonyl (C=O) groups is 2. The van der Waals surface area contributed by atoms with Gasteiger partial charge in [-0.25, -0.2) is 4.39 Å². The molecule has 2 aliphatic rings. The van der Waals surface area contributed by atoms with E-state index in [1.165, 1.54) is 12.1 Å². The lowest BCUT2D eigenvalue weighted by Crippen LogP contribution is -2.55. The maximum Gasteiger partial charge on any atom is 0.239 e. The molecule has 0 saturated carbocycles. The number of benzene rings is 1. The van der Waals surface area contributed by atoms with Crippen molar-refractivity contribution in [3.8, 4) is 0 Å². The zero-order chi connectivity index (χ0) is 20.1. The Morgan fingerprint density at radius 2 is 1.68 bits per heavy atom. The molecule has 0 aliphatic carbocycles. The molecule has 0 aromatic heterocycles. The lowest BCUT2D eigenvalue weighted by molar-refractivity contribution is -0.137. The maximum atomic E-state index is 13.1. The predicted octanol–water partition coefficient (Wildman–Crippen LogP) is 1.71. The Morgan fingerprint density at radius 1 is 1.07 bits per heavy atom. The Hall–Kier alpha value is -2.15. The van der Waals surface area contributed by atoms with Crippen molar-refractivity contribution in [1.29, 1.82) is 0 Å². The van der Waals surface area contributed by atoms with E-state index in [4.69, 9.17) is 0 Å². The highest BCUT2D eigenvalue weighted by molar-refractivity contribution is 5.82. The number of piperidine rings is 1. The van der Waals surface area contributed by atoms with Gasteiger partial charge in [-0.05, 0) is 64.0 Å². The monoisotopic (exact) mass is 390 g/mol. The number of rotatable bonds is 5. The summed E-state index contributed by atoms with van der Waals surface area (Å²) in [5, 5.41) is 2.90. The quantitative estimate of drug-likeness (QED) is 0.832. The van der Waals surface area contributed by atoms with Crippen LogP contribution in [-0.2, 0) is 9.59 Å². The maximum absolute atomic E-state index is 13.1. The van der Waals surface area contributed by atoms with Crippen LogP contribution in [0.4, 0.5) is 10.1 Å². The number of carbonyl (C=O) groups excluding carboxylic acids is 2. The van der Waals surface area contributed by atoms with E-state index in [1.807, 2.05) is 18.7 Å². The molecule has 1 N–H and O–H groups in total. The Balaban J connectivity index is 1.47. The van der Waals surface area contributed by atoms with Gasteiger partial charge in [-0.15, -0.1) is 0 Å². The van der Waals surface area contributed by atoms with Gasteiger partial charge in [0.05, 0.1) is 6.04 Å². The third-order valence-corrected chi connectivity index (χ3v) is 5.94. The van der Waals surface area contributed by atoms with E-state index >= 15 is 0 Å². The highest BCUT2D eigenvalue weighted by Crippen LogP contribution is 2.21. The molecular weight excluding hydrogens is 359 g/mol. The molecule has 0 bridgehead atoms. The van der Waals surface area contributed by atoms with Gasteiger partial charge in [0.2, 0.25) is 11.8 Å². The zero-order valence-electron chi connectivity index (χ0n) is 16.9. The molecule has 0 spiro atoms. The zero-order valence-corrected chi connectivity index (χ0v) is 16.9. The van der Waals surface area contributed by atoms with Crippen LogP contribution in [0.1, 0.15) is 26.7 Å². The summed E-state index contributed by atoms with van der Waals surface area (Å²) >= 11 is 0. The number of amides is 2. The summed E-state index contributed by atoms with van der Waals surface area (Å²) < 4.78 is 13.1. The number of nitrogens with zero attached hydrogens (tertiary/aromatic N) is 3. The Labute approximate surface area is 166 Å². The van der Waals surface area contributed by atoms with Crippen LogP contribution in [0.25, 0.3) is 0 Å². The number of piperazine rings is 1.